The van der Waals surface area contributed by atoms with E-state index in [0.717, 1.165) is 11.3 Å². The van der Waals surface area contributed by atoms with E-state index >= 15 is 0 Å². The second-order valence-electron chi connectivity index (χ2n) is 8.76. The first-order valence-electron chi connectivity index (χ1n) is 10.7. The van der Waals surface area contributed by atoms with Crippen LogP contribution in [0, 0.1) is 5.92 Å². The molecule has 1 N–H and O–H groups in total. The number of ether oxygens (including phenoxy) is 1. The van der Waals surface area contributed by atoms with Crippen molar-refractivity contribution >= 4 is 17.3 Å². The third-order valence-corrected chi connectivity index (χ3v) is 5.45. The number of nitrogens with one attached hydrogen (secondary N) is 1. The molecule has 0 bridgehead atoms. The largest absolute Gasteiger partial charge is 0.476 e. The van der Waals surface area contributed by atoms with Crippen LogP contribution in [0.25, 0.3) is 5.70 Å². The van der Waals surface area contributed by atoms with E-state index < -0.39 is 0 Å². The Morgan fingerprint density at radius 3 is 2.07 bits per heavy atom. The van der Waals surface area contributed by atoms with Crippen LogP contribution < -0.4 is 5.32 Å². The second kappa shape index (κ2) is 9.30. The van der Waals surface area contributed by atoms with E-state index in [1.807, 2.05) is 6.07 Å². The summed E-state index contributed by atoms with van der Waals surface area (Å²) >= 11 is 0. The molecule has 1 aliphatic rings. The van der Waals surface area contributed by atoms with Gasteiger partial charge in [0, 0.05) is 11.8 Å². The van der Waals surface area contributed by atoms with Crippen LogP contribution in [-0.4, -0.2) is 18.5 Å². The third kappa shape index (κ3) is 5.09. The first kappa shape index (κ1) is 21.2. The Bertz CT molecular complexity index is 853. The first-order valence-corrected chi connectivity index (χ1v) is 10.7. The molecule has 3 rings (SSSR count). The molecule has 0 saturated carbocycles. The topological polar surface area (TPSA) is 33.6 Å². The zero-order valence-corrected chi connectivity index (χ0v) is 18.6. The molecule has 2 aromatic carbocycles. The Morgan fingerprint density at radius 1 is 0.931 bits per heavy atom. The van der Waals surface area contributed by atoms with Gasteiger partial charge in [-0.3, -0.25) is 0 Å². The lowest BCUT2D eigenvalue weighted by Gasteiger charge is -2.22. The quantitative estimate of drug-likeness (QED) is 0.561. The van der Waals surface area contributed by atoms with Crippen LogP contribution in [0.5, 0.6) is 0 Å². The number of aliphatic imine (C=N–C) groups is 1. The van der Waals surface area contributed by atoms with Crippen LogP contribution in [0.1, 0.15) is 70.1 Å². The van der Waals surface area contributed by atoms with Gasteiger partial charge in [0.05, 0.1) is 11.7 Å². The van der Waals surface area contributed by atoms with Gasteiger partial charge in [0.2, 0.25) is 5.90 Å². The summed E-state index contributed by atoms with van der Waals surface area (Å²) < 4.78 is 5.91. The molecule has 0 spiro atoms. The summed E-state index contributed by atoms with van der Waals surface area (Å²) in [5.41, 5.74) is 6.00. The molecule has 1 atom stereocenters. The van der Waals surface area contributed by atoms with E-state index in [2.05, 4.69) is 95.4 Å². The molecule has 3 nitrogen and oxygen atoms in total. The predicted octanol–water partition coefficient (Wildman–Crippen LogP) is 6.84. The van der Waals surface area contributed by atoms with Gasteiger partial charge in [0.25, 0.3) is 0 Å². The molecule has 0 amide bonds. The Labute approximate surface area is 175 Å². The molecule has 154 valence electrons. The van der Waals surface area contributed by atoms with Crippen LogP contribution >= 0.6 is 0 Å². The molecule has 0 fully saturated rings. The van der Waals surface area contributed by atoms with E-state index in [0.29, 0.717) is 30.3 Å². The van der Waals surface area contributed by atoms with Gasteiger partial charge in [-0.25, -0.2) is 4.99 Å². The van der Waals surface area contributed by atoms with Gasteiger partial charge in [0.15, 0.2) is 0 Å². The molecule has 2 aromatic rings. The molecular weight excluding hydrogens is 356 g/mol. The average molecular weight is 391 g/mol. The number of nitrogens with zero attached hydrogens (tertiary/aromatic N) is 1. The Balaban J connectivity index is 2.06. The van der Waals surface area contributed by atoms with Crippen molar-refractivity contribution in [3.8, 4) is 0 Å². The minimum Gasteiger partial charge on any atom is -0.476 e. The Kier molecular flexibility index (Phi) is 6.79. The zero-order valence-electron chi connectivity index (χ0n) is 18.6. The van der Waals surface area contributed by atoms with Crippen LogP contribution in [-0.2, 0) is 4.74 Å². The lowest BCUT2D eigenvalue weighted by molar-refractivity contribution is 0.293. The fourth-order valence-electron chi connectivity index (χ4n) is 3.59. The van der Waals surface area contributed by atoms with Crippen molar-refractivity contribution in [1.29, 1.82) is 0 Å². The first-order chi connectivity index (χ1) is 13.9. The SMILES string of the molecule is CC(C)c1cccc(C(C)C)c1NC(=CC1=NC(C(C)C)CO1)c1ccccc1. The third-order valence-electron chi connectivity index (χ3n) is 5.45. The van der Waals surface area contributed by atoms with Crippen molar-refractivity contribution < 1.29 is 4.74 Å². The number of rotatable bonds is 7. The Hall–Kier alpha value is -2.55. The fraction of sp³-hybridized carbons (Fsp3) is 0.423. The highest BCUT2D eigenvalue weighted by molar-refractivity contribution is 5.98. The highest BCUT2D eigenvalue weighted by Gasteiger charge is 2.22. The van der Waals surface area contributed by atoms with Crippen LogP contribution in [0.15, 0.2) is 59.6 Å². The molecule has 1 aliphatic heterocycles. The van der Waals surface area contributed by atoms with Gasteiger partial charge in [-0.1, -0.05) is 90.1 Å². The van der Waals surface area contributed by atoms with E-state index in [-0.39, 0.29) is 6.04 Å². The summed E-state index contributed by atoms with van der Waals surface area (Å²) in [5.74, 6) is 2.05. The minimum atomic E-state index is 0.229. The Morgan fingerprint density at radius 2 is 1.55 bits per heavy atom. The van der Waals surface area contributed by atoms with Crippen LogP contribution in [0.3, 0.4) is 0 Å². The number of benzene rings is 2. The monoisotopic (exact) mass is 390 g/mol. The van der Waals surface area contributed by atoms with Crippen molar-refractivity contribution in [1.82, 2.24) is 0 Å². The molecule has 0 saturated heterocycles. The lowest BCUT2D eigenvalue weighted by atomic mass is 9.92. The number of hydrogen-bond donors (Lipinski definition) is 1. The van der Waals surface area contributed by atoms with E-state index in [9.17, 15) is 0 Å². The maximum absolute atomic E-state index is 5.91. The highest BCUT2D eigenvalue weighted by Crippen LogP contribution is 2.34. The number of anilines is 1. The normalized spacial score (nSPS) is 17.1. The fourth-order valence-corrected chi connectivity index (χ4v) is 3.59. The number of para-hydroxylation sites is 1. The lowest BCUT2D eigenvalue weighted by Crippen LogP contribution is -2.13. The van der Waals surface area contributed by atoms with Crippen LogP contribution in [0.2, 0.25) is 0 Å². The van der Waals surface area contributed by atoms with Crippen molar-refractivity contribution in [2.45, 2.75) is 59.4 Å². The predicted molar refractivity (Wildman–Crippen MR) is 125 cm³/mol. The summed E-state index contributed by atoms with van der Waals surface area (Å²) in [7, 11) is 0. The maximum atomic E-state index is 5.91. The van der Waals surface area contributed by atoms with Gasteiger partial charge < -0.3 is 10.1 Å². The molecule has 29 heavy (non-hydrogen) atoms. The molecule has 0 aromatic heterocycles. The summed E-state index contributed by atoms with van der Waals surface area (Å²) in [6, 6.07) is 17.3. The summed E-state index contributed by atoms with van der Waals surface area (Å²) in [4.78, 5) is 4.79. The molecule has 1 unspecified atom stereocenters. The molecule has 0 aliphatic carbocycles. The van der Waals surface area contributed by atoms with E-state index in [1.54, 1.807) is 0 Å². The van der Waals surface area contributed by atoms with Gasteiger partial charge >= 0.3 is 0 Å². The summed E-state index contributed by atoms with van der Waals surface area (Å²) in [6.45, 7) is 14.0. The standard InChI is InChI=1S/C26H34N2O/c1-17(2)21-13-10-14-22(18(3)4)26(21)28-23(20-11-8-7-9-12-20)15-25-27-24(16-29-25)19(5)6/h7-15,17-19,24,28H,16H2,1-6H3. The molecular formula is C26H34N2O. The van der Waals surface area contributed by atoms with Gasteiger partial charge in [-0.15, -0.1) is 0 Å². The van der Waals surface area contributed by atoms with Gasteiger partial charge in [-0.2, -0.15) is 0 Å². The van der Waals surface area contributed by atoms with Crippen molar-refractivity contribution in [3.63, 3.8) is 0 Å². The molecule has 1 heterocycles. The van der Waals surface area contributed by atoms with Gasteiger partial charge in [0.1, 0.15) is 6.61 Å². The van der Waals surface area contributed by atoms with E-state index in [1.165, 1.54) is 16.8 Å². The van der Waals surface area contributed by atoms with Gasteiger partial charge in [-0.05, 0) is 34.4 Å². The van der Waals surface area contributed by atoms with Crippen molar-refractivity contribution in [3.05, 3.63) is 71.3 Å². The molecule has 3 heteroatoms. The summed E-state index contributed by atoms with van der Waals surface area (Å²) in [6.07, 6.45) is 2.05. The van der Waals surface area contributed by atoms with E-state index in [4.69, 9.17) is 9.73 Å². The highest BCUT2D eigenvalue weighted by atomic mass is 16.5. The minimum absolute atomic E-state index is 0.229. The average Bonchev–Trinajstić information content (AvgIpc) is 3.17. The zero-order chi connectivity index (χ0) is 21.0. The smallest absolute Gasteiger partial charge is 0.211 e. The molecule has 0 radical (unpaired) electrons. The summed E-state index contributed by atoms with van der Waals surface area (Å²) in [5, 5.41) is 3.77. The van der Waals surface area contributed by atoms with Crippen molar-refractivity contribution in [2.24, 2.45) is 10.9 Å². The maximum Gasteiger partial charge on any atom is 0.211 e. The van der Waals surface area contributed by atoms with Crippen molar-refractivity contribution in [2.75, 3.05) is 11.9 Å². The number of hydrogen-bond acceptors (Lipinski definition) is 3. The van der Waals surface area contributed by atoms with Crippen LogP contribution in [0.4, 0.5) is 5.69 Å². The second-order valence-corrected chi connectivity index (χ2v) is 8.76.